The van der Waals surface area contributed by atoms with Crippen LogP contribution in [0.15, 0.2) is 30.3 Å². The minimum absolute atomic E-state index is 0.0362. The third-order valence-corrected chi connectivity index (χ3v) is 5.69. The van der Waals surface area contributed by atoms with E-state index in [-0.39, 0.29) is 29.0 Å². The fourth-order valence-electron chi connectivity index (χ4n) is 3.24. The largest absolute Gasteiger partial charge is 0.490 e. The molecular weight excluding hydrogens is 462 g/mol. The van der Waals surface area contributed by atoms with E-state index in [0.29, 0.717) is 10.0 Å². The first kappa shape index (κ1) is 22.2. The molecule has 5 nitrogen and oxygen atoms in total. The van der Waals surface area contributed by atoms with Crippen LogP contribution in [0.2, 0.25) is 15.1 Å². The van der Waals surface area contributed by atoms with Gasteiger partial charge in [-0.2, -0.15) is 0 Å². The number of carbonyl (C=O) groups excluding carboxylic acids is 1. The molecule has 0 saturated carbocycles. The second kappa shape index (κ2) is 9.51. The van der Waals surface area contributed by atoms with Gasteiger partial charge >= 0.3 is 0 Å². The van der Waals surface area contributed by atoms with Crippen LogP contribution in [0.4, 0.5) is 10.1 Å². The van der Waals surface area contributed by atoms with Crippen molar-refractivity contribution in [2.45, 2.75) is 18.9 Å². The summed E-state index contributed by atoms with van der Waals surface area (Å²) in [6.07, 6.45) is 3.12. The number of halogens is 4. The average Bonchev–Trinajstić information content (AvgIpc) is 3.09. The summed E-state index contributed by atoms with van der Waals surface area (Å²) in [4.78, 5) is 14.0. The molecule has 2 aromatic rings. The lowest BCUT2D eigenvalue weighted by molar-refractivity contribution is 0.0979. The molecule has 2 unspecified atom stereocenters. The SMILES string of the molecule is CS(=O)NC(=O)c1cc(Cl)c(OCC2CCCN2c2cc(Cl)cc(Cl)c2)cc1F. The summed E-state index contributed by atoms with van der Waals surface area (Å²) in [6, 6.07) is 7.60. The molecule has 29 heavy (non-hydrogen) atoms. The van der Waals surface area contributed by atoms with Crippen LogP contribution in [-0.2, 0) is 11.0 Å². The van der Waals surface area contributed by atoms with Gasteiger partial charge in [-0.25, -0.2) is 8.60 Å². The molecule has 1 amide bonds. The summed E-state index contributed by atoms with van der Waals surface area (Å²) in [5.41, 5.74) is 0.596. The minimum atomic E-state index is -1.61. The van der Waals surface area contributed by atoms with Crippen LogP contribution < -0.4 is 14.4 Å². The fourth-order valence-corrected chi connectivity index (χ4v) is 4.34. The van der Waals surface area contributed by atoms with Gasteiger partial charge in [0.1, 0.15) is 29.2 Å². The third-order valence-electron chi connectivity index (χ3n) is 4.49. The number of nitrogens with zero attached hydrogens (tertiary/aromatic N) is 1. The number of hydrogen-bond acceptors (Lipinski definition) is 4. The number of benzene rings is 2. The number of ether oxygens (including phenoxy) is 1. The van der Waals surface area contributed by atoms with Crippen molar-refractivity contribution in [1.29, 1.82) is 0 Å². The monoisotopic (exact) mass is 478 g/mol. The predicted molar refractivity (Wildman–Crippen MR) is 115 cm³/mol. The molecule has 2 atom stereocenters. The lowest BCUT2D eigenvalue weighted by Gasteiger charge is -2.27. The van der Waals surface area contributed by atoms with Gasteiger partial charge in [-0.1, -0.05) is 34.8 Å². The molecule has 1 aliphatic rings. The Kier molecular flexibility index (Phi) is 7.27. The number of hydrogen-bond donors (Lipinski definition) is 1. The van der Waals surface area contributed by atoms with E-state index in [1.54, 1.807) is 6.07 Å². The lowest BCUT2D eigenvalue weighted by atomic mass is 10.2. The van der Waals surface area contributed by atoms with Crippen LogP contribution in [-0.4, -0.2) is 35.6 Å². The molecule has 1 aliphatic heterocycles. The zero-order valence-electron chi connectivity index (χ0n) is 15.4. The highest BCUT2D eigenvalue weighted by molar-refractivity contribution is 7.82. The Hall–Kier alpha value is -1.54. The first-order valence-electron chi connectivity index (χ1n) is 8.73. The Morgan fingerprint density at radius 1 is 1.24 bits per heavy atom. The highest BCUT2D eigenvalue weighted by atomic mass is 35.5. The standard InChI is InChI=1S/C19H18Cl3FN2O3S/c1-29(27)24-19(26)15-8-16(22)18(9-17(15)23)28-10-13-3-2-4-25(13)14-6-11(20)5-12(21)7-14/h5-9,13H,2-4,10H2,1H3,(H,24,26). The Balaban J connectivity index is 1.72. The van der Waals surface area contributed by atoms with Gasteiger partial charge < -0.3 is 9.64 Å². The van der Waals surface area contributed by atoms with E-state index >= 15 is 0 Å². The Morgan fingerprint density at radius 2 is 1.93 bits per heavy atom. The van der Waals surface area contributed by atoms with Crippen molar-refractivity contribution in [1.82, 2.24) is 4.72 Å². The van der Waals surface area contributed by atoms with E-state index in [1.165, 1.54) is 6.26 Å². The number of rotatable bonds is 6. The van der Waals surface area contributed by atoms with Gasteiger partial charge in [0.25, 0.3) is 5.91 Å². The number of nitrogens with one attached hydrogen (secondary N) is 1. The highest BCUT2D eigenvalue weighted by Gasteiger charge is 2.26. The van der Waals surface area contributed by atoms with Crippen molar-refractivity contribution >= 4 is 57.4 Å². The van der Waals surface area contributed by atoms with Crippen molar-refractivity contribution in [2.75, 3.05) is 24.3 Å². The molecule has 156 valence electrons. The molecule has 1 N–H and O–H groups in total. The number of amides is 1. The maximum absolute atomic E-state index is 14.3. The molecule has 2 aromatic carbocycles. The van der Waals surface area contributed by atoms with E-state index in [9.17, 15) is 13.4 Å². The molecule has 1 fully saturated rings. The second-order valence-corrected chi connectivity index (χ2v) is 8.97. The van der Waals surface area contributed by atoms with Crippen molar-refractivity contribution in [2.24, 2.45) is 0 Å². The molecule has 3 rings (SSSR count). The first-order valence-corrected chi connectivity index (χ1v) is 11.4. The number of anilines is 1. The summed E-state index contributed by atoms with van der Waals surface area (Å²) in [6.45, 7) is 1.09. The van der Waals surface area contributed by atoms with Crippen molar-refractivity contribution in [3.05, 3.63) is 56.8 Å². The van der Waals surface area contributed by atoms with Crippen LogP contribution in [0.3, 0.4) is 0 Å². The normalized spacial score (nSPS) is 17.3. The molecule has 0 radical (unpaired) electrons. The molecule has 1 heterocycles. The van der Waals surface area contributed by atoms with Gasteiger partial charge in [-0.05, 0) is 37.1 Å². The van der Waals surface area contributed by atoms with Gasteiger partial charge in [0, 0.05) is 34.6 Å². The average molecular weight is 480 g/mol. The smallest absolute Gasteiger partial charge is 0.265 e. The Bertz CT molecular complexity index is 940. The minimum Gasteiger partial charge on any atom is -0.490 e. The van der Waals surface area contributed by atoms with E-state index in [2.05, 4.69) is 9.62 Å². The fraction of sp³-hybridized carbons (Fsp3) is 0.316. The van der Waals surface area contributed by atoms with E-state index in [4.69, 9.17) is 39.5 Å². The van der Waals surface area contributed by atoms with Gasteiger partial charge in [0.15, 0.2) is 0 Å². The molecule has 0 spiro atoms. The summed E-state index contributed by atoms with van der Waals surface area (Å²) < 4.78 is 33.3. The summed E-state index contributed by atoms with van der Waals surface area (Å²) >= 11 is 18.4. The van der Waals surface area contributed by atoms with E-state index in [0.717, 1.165) is 37.2 Å². The molecule has 1 saturated heterocycles. The van der Waals surface area contributed by atoms with Crippen molar-refractivity contribution in [3.63, 3.8) is 0 Å². The zero-order valence-corrected chi connectivity index (χ0v) is 18.5. The van der Waals surface area contributed by atoms with Crippen LogP contribution in [0.1, 0.15) is 23.2 Å². The quantitative estimate of drug-likeness (QED) is 0.643. The number of carbonyl (C=O) groups is 1. The molecular formula is C19H18Cl3FN2O3S. The summed E-state index contributed by atoms with van der Waals surface area (Å²) in [7, 11) is -1.61. The van der Waals surface area contributed by atoms with E-state index in [1.807, 2.05) is 12.1 Å². The van der Waals surface area contributed by atoms with Gasteiger partial charge in [0.05, 0.1) is 16.6 Å². The van der Waals surface area contributed by atoms with Crippen molar-refractivity contribution in [3.8, 4) is 5.75 Å². The summed E-state index contributed by atoms with van der Waals surface area (Å²) in [5, 5.41) is 1.19. The molecule has 0 bridgehead atoms. The summed E-state index contributed by atoms with van der Waals surface area (Å²) in [5.74, 6) is -1.48. The van der Waals surface area contributed by atoms with Crippen molar-refractivity contribution < 1.29 is 18.1 Å². The van der Waals surface area contributed by atoms with Gasteiger partial charge in [0.2, 0.25) is 0 Å². The molecule has 0 aromatic heterocycles. The van der Waals surface area contributed by atoms with Crippen LogP contribution in [0.5, 0.6) is 5.75 Å². The van der Waals surface area contributed by atoms with E-state index < -0.39 is 22.7 Å². The zero-order chi connectivity index (χ0) is 21.1. The maximum Gasteiger partial charge on any atom is 0.265 e. The molecule has 10 heteroatoms. The Labute approximate surface area is 185 Å². The topological polar surface area (TPSA) is 58.6 Å². The lowest BCUT2D eigenvalue weighted by Crippen LogP contribution is -2.34. The van der Waals surface area contributed by atoms with Crippen LogP contribution in [0.25, 0.3) is 0 Å². The third kappa shape index (κ3) is 5.54. The van der Waals surface area contributed by atoms with Gasteiger partial charge in [-0.3, -0.25) is 9.52 Å². The van der Waals surface area contributed by atoms with Crippen LogP contribution in [0, 0.1) is 5.82 Å². The first-order chi connectivity index (χ1) is 13.7. The Morgan fingerprint density at radius 3 is 2.59 bits per heavy atom. The predicted octanol–water partition coefficient (Wildman–Crippen LogP) is 4.86. The highest BCUT2D eigenvalue weighted by Crippen LogP contribution is 2.32. The maximum atomic E-state index is 14.3. The van der Waals surface area contributed by atoms with Crippen LogP contribution >= 0.6 is 34.8 Å². The molecule has 0 aliphatic carbocycles. The second-order valence-electron chi connectivity index (χ2n) is 6.58. The van der Waals surface area contributed by atoms with Gasteiger partial charge in [-0.15, -0.1) is 0 Å².